The molecule has 0 aliphatic carbocycles. The first kappa shape index (κ1) is 12.7. The fourth-order valence-electron chi connectivity index (χ4n) is 0.778. The van der Waals surface area contributed by atoms with Crippen molar-refractivity contribution in [2.24, 2.45) is 0 Å². The second-order valence-electron chi connectivity index (χ2n) is 2.37. The van der Waals surface area contributed by atoms with E-state index in [-0.39, 0.29) is 18.8 Å². The van der Waals surface area contributed by atoms with Crippen molar-refractivity contribution in [1.82, 2.24) is 4.98 Å². The van der Waals surface area contributed by atoms with Gasteiger partial charge >= 0.3 is 6.18 Å². The molecule has 1 heterocycles. The molecular weight excluding hydrogens is 217 g/mol. The van der Waals surface area contributed by atoms with Gasteiger partial charge in [0.05, 0.1) is 23.7 Å². The van der Waals surface area contributed by atoms with Crippen LogP contribution in [0.4, 0.5) is 13.2 Å². The Balaban J connectivity index is 0.00000169. The lowest BCUT2D eigenvalue weighted by atomic mass is 10.2. The van der Waals surface area contributed by atoms with Crippen LogP contribution < -0.4 is 0 Å². The number of nitrogens with zero attached hydrogens (tertiary/aromatic N) is 2. The molecule has 0 bridgehead atoms. The van der Waals surface area contributed by atoms with E-state index in [4.69, 9.17) is 5.26 Å². The van der Waals surface area contributed by atoms with Gasteiger partial charge in [-0.25, -0.2) is 0 Å². The van der Waals surface area contributed by atoms with Gasteiger partial charge in [0.2, 0.25) is 0 Å². The van der Waals surface area contributed by atoms with Gasteiger partial charge in [-0.1, -0.05) is 0 Å². The molecule has 0 fully saturated rings. The van der Waals surface area contributed by atoms with E-state index in [1.807, 2.05) is 0 Å². The highest BCUT2D eigenvalue weighted by molar-refractivity contribution is 5.85. The molecule has 0 unspecified atom stereocenters. The Kier molecular flexibility index (Phi) is 4.38. The minimum atomic E-state index is -4.36. The van der Waals surface area contributed by atoms with Crippen LogP contribution in [0.15, 0.2) is 18.3 Å². The highest BCUT2D eigenvalue weighted by Gasteiger charge is 2.30. The monoisotopic (exact) mass is 222 g/mol. The van der Waals surface area contributed by atoms with E-state index >= 15 is 0 Å². The van der Waals surface area contributed by atoms with Crippen LogP contribution in [0.5, 0.6) is 0 Å². The Morgan fingerprint density at radius 2 is 2.00 bits per heavy atom. The average Bonchev–Trinajstić information content (AvgIpc) is 2.04. The molecule has 6 heteroatoms. The first-order valence-corrected chi connectivity index (χ1v) is 3.43. The van der Waals surface area contributed by atoms with Gasteiger partial charge in [-0.3, -0.25) is 4.98 Å². The van der Waals surface area contributed by atoms with Gasteiger partial charge in [0.25, 0.3) is 0 Å². The van der Waals surface area contributed by atoms with Crippen molar-refractivity contribution in [3.63, 3.8) is 0 Å². The van der Waals surface area contributed by atoms with Crippen LogP contribution in [0.25, 0.3) is 0 Å². The first-order valence-electron chi connectivity index (χ1n) is 3.43. The fraction of sp³-hybridized carbons (Fsp3) is 0.250. The largest absolute Gasteiger partial charge is 0.417 e. The van der Waals surface area contributed by atoms with Crippen molar-refractivity contribution in [3.8, 4) is 6.07 Å². The second-order valence-corrected chi connectivity index (χ2v) is 2.37. The smallest absolute Gasteiger partial charge is 0.260 e. The van der Waals surface area contributed by atoms with Crippen LogP contribution in [0.3, 0.4) is 0 Å². The summed E-state index contributed by atoms with van der Waals surface area (Å²) in [7, 11) is 0. The lowest BCUT2D eigenvalue weighted by molar-refractivity contribution is -0.137. The van der Waals surface area contributed by atoms with Gasteiger partial charge in [0.1, 0.15) is 0 Å². The van der Waals surface area contributed by atoms with E-state index in [9.17, 15) is 13.2 Å². The van der Waals surface area contributed by atoms with Gasteiger partial charge in [0.15, 0.2) is 0 Å². The Bertz CT molecular complexity index is 326. The van der Waals surface area contributed by atoms with Crippen molar-refractivity contribution in [2.45, 2.75) is 12.6 Å². The summed E-state index contributed by atoms with van der Waals surface area (Å²) in [5.74, 6) is 0. The number of rotatable bonds is 1. The normalized spacial score (nSPS) is 10.1. The molecule has 1 aromatic rings. The molecular formula is C8H6ClF3N2. The quantitative estimate of drug-likeness (QED) is 0.732. The summed E-state index contributed by atoms with van der Waals surface area (Å²) in [5.41, 5.74) is -0.454. The molecule has 0 aromatic carbocycles. The zero-order valence-electron chi connectivity index (χ0n) is 6.88. The van der Waals surface area contributed by atoms with E-state index in [1.165, 1.54) is 6.07 Å². The molecule has 0 amide bonds. The molecule has 76 valence electrons. The second kappa shape index (κ2) is 4.82. The third-order valence-corrected chi connectivity index (χ3v) is 1.41. The minimum absolute atomic E-state index is 0. The van der Waals surface area contributed by atoms with E-state index in [2.05, 4.69) is 4.98 Å². The lowest BCUT2D eigenvalue weighted by Crippen LogP contribution is -2.05. The molecule has 0 atom stereocenters. The SMILES string of the molecule is Cl.N#CCc1ccc(C(F)(F)F)cn1. The number of pyridine rings is 1. The van der Waals surface area contributed by atoms with Crippen molar-refractivity contribution >= 4 is 12.4 Å². The van der Waals surface area contributed by atoms with E-state index in [1.54, 1.807) is 6.07 Å². The van der Waals surface area contributed by atoms with Crippen molar-refractivity contribution in [3.05, 3.63) is 29.6 Å². The minimum Gasteiger partial charge on any atom is -0.260 e. The average molecular weight is 223 g/mol. The summed E-state index contributed by atoms with van der Waals surface area (Å²) in [6.45, 7) is 0. The molecule has 0 saturated heterocycles. The highest BCUT2D eigenvalue weighted by Crippen LogP contribution is 2.28. The predicted octanol–water partition coefficient (Wildman–Crippen LogP) is 2.59. The highest BCUT2D eigenvalue weighted by atomic mass is 35.5. The van der Waals surface area contributed by atoms with Gasteiger partial charge in [0, 0.05) is 6.20 Å². The fourth-order valence-corrected chi connectivity index (χ4v) is 0.778. The van der Waals surface area contributed by atoms with E-state index in [0.29, 0.717) is 5.69 Å². The van der Waals surface area contributed by atoms with Crippen molar-refractivity contribution < 1.29 is 13.2 Å². The number of nitriles is 1. The lowest BCUT2D eigenvalue weighted by Gasteiger charge is -2.05. The van der Waals surface area contributed by atoms with E-state index in [0.717, 1.165) is 12.3 Å². The maximum Gasteiger partial charge on any atom is 0.417 e. The summed E-state index contributed by atoms with van der Waals surface area (Å²) < 4.78 is 36.0. The Labute approximate surface area is 84.8 Å². The zero-order valence-corrected chi connectivity index (χ0v) is 7.69. The van der Waals surface area contributed by atoms with Gasteiger partial charge in [-0.2, -0.15) is 18.4 Å². The number of alkyl halides is 3. The molecule has 0 aliphatic heterocycles. The van der Waals surface area contributed by atoms with Crippen molar-refractivity contribution in [1.29, 1.82) is 5.26 Å². The molecule has 0 spiro atoms. The van der Waals surface area contributed by atoms with Crippen LogP contribution in [0, 0.1) is 11.3 Å². The Morgan fingerprint density at radius 3 is 2.36 bits per heavy atom. The van der Waals surface area contributed by atoms with Crippen LogP contribution >= 0.6 is 12.4 Å². The standard InChI is InChI=1S/C8H5F3N2.ClH/c9-8(10,11)6-1-2-7(3-4-12)13-5-6;/h1-2,5H,3H2;1H. The molecule has 0 aliphatic rings. The number of aromatic nitrogens is 1. The predicted molar refractivity (Wildman–Crippen MR) is 45.8 cm³/mol. The summed E-state index contributed by atoms with van der Waals surface area (Å²) >= 11 is 0. The number of halogens is 4. The summed E-state index contributed by atoms with van der Waals surface area (Å²) in [6, 6.07) is 3.92. The first-order chi connectivity index (χ1) is 6.04. The molecule has 0 saturated carbocycles. The van der Waals surface area contributed by atoms with Gasteiger partial charge in [-0.05, 0) is 12.1 Å². The molecule has 1 rings (SSSR count). The van der Waals surface area contributed by atoms with Crippen LogP contribution in [0.1, 0.15) is 11.3 Å². The van der Waals surface area contributed by atoms with Crippen LogP contribution in [-0.4, -0.2) is 4.98 Å². The van der Waals surface area contributed by atoms with Gasteiger partial charge < -0.3 is 0 Å². The van der Waals surface area contributed by atoms with Crippen molar-refractivity contribution in [2.75, 3.05) is 0 Å². The molecule has 1 aromatic heterocycles. The third-order valence-electron chi connectivity index (χ3n) is 1.41. The molecule has 2 nitrogen and oxygen atoms in total. The topological polar surface area (TPSA) is 36.7 Å². The van der Waals surface area contributed by atoms with Crippen LogP contribution in [0.2, 0.25) is 0 Å². The third kappa shape index (κ3) is 3.23. The molecule has 0 radical (unpaired) electrons. The number of hydrogen-bond acceptors (Lipinski definition) is 2. The van der Waals surface area contributed by atoms with Gasteiger partial charge in [-0.15, -0.1) is 12.4 Å². The summed E-state index contributed by atoms with van der Waals surface area (Å²) in [5, 5.41) is 8.24. The van der Waals surface area contributed by atoms with Crippen LogP contribution in [-0.2, 0) is 12.6 Å². The Morgan fingerprint density at radius 1 is 1.36 bits per heavy atom. The molecule has 14 heavy (non-hydrogen) atoms. The van der Waals surface area contributed by atoms with E-state index < -0.39 is 11.7 Å². The summed E-state index contributed by atoms with van der Waals surface area (Å²) in [6.07, 6.45) is -3.61. The maximum absolute atomic E-state index is 12.0. The maximum atomic E-state index is 12.0. The number of hydrogen-bond donors (Lipinski definition) is 0. The Hall–Kier alpha value is -1.28. The molecule has 0 N–H and O–H groups in total. The zero-order chi connectivity index (χ0) is 9.90. The summed E-state index contributed by atoms with van der Waals surface area (Å²) in [4.78, 5) is 3.49.